The molecular weight excluding hydrogens is 294 g/mol. The van der Waals surface area contributed by atoms with Crippen molar-refractivity contribution in [2.45, 2.75) is 6.42 Å². The number of hydrogen-bond donors (Lipinski definition) is 1. The molecule has 2 heterocycles. The molecule has 0 bridgehead atoms. The summed E-state index contributed by atoms with van der Waals surface area (Å²) < 4.78 is 4.96. The van der Waals surface area contributed by atoms with E-state index in [4.69, 9.17) is 4.74 Å². The molecule has 0 aliphatic carbocycles. The van der Waals surface area contributed by atoms with Gasteiger partial charge in [0.25, 0.3) is 5.91 Å². The average molecular weight is 315 g/mol. The van der Waals surface area contributed by atoms with Crippen LogP contribution in [0.4, 0.5) is 5.95 Å². The number of amides is 1. The number of methoxy groups -OCH3 is 1. The Bertz CT molecular complexity index is 621. The Morgan fingerprint density at radius 2 is 2.04 bits per heavy atom. The zero-order valence-corrected chi connectivity index (χ0v) is 13.4. The molecule has 1 amide bonds. The van der Waals surface area contributed by atoms with Crippen molar-refractivity contribution < 1.29 is 9.53 Å². The van der Waals surface area contributed by atoms with Gasteiger partial charge in [-0.15, -0.1) is 0 Å². The number of carbonyl (C=O) groups is 1. The Morgan fingerprint density at radius 1 is 1.26 bits per heavy atom. The number of nitrogens with one attached hydrogen (secondary N) is 1. The Kier molecular flexibility index (Phi) is 6.43. The fraction of sp³-hybridized carbons (Fsp3) is 0.375. The molecule has 0 saturated heterocycles. The van der Waals surface area contributed by atoms with Gasteiger partial charge in [-0.05, 0) is 30.2 Å². The molecule has 7 heteroatoms. The minimum Gasteiger partial charge on any atom is -0.383 e. The molecule has 0 aromatic carbocycles. The van der Waals surface area contributed by atoms with E-state index < -0.39 is 0 Å². The van der Waals surface area contributed by atoms with Crippen LogP contribution in [0.2, 0.25) is 0 Å². The zero-order chi connectivity index (χ0) is 16.5. The molecule has 0 radical (unpaired) electrons. The lowest BCUT2D eigenvalue weighted by Gasteiger charge is -2.17. The highest BCUT2D eigenvalue weighted by Crippen LogP contribution is 2.05. The van der Waals surface area contributed by atoms with Gasteiger partial charge in [-0.25, -0.2) is 9.97 Å². The van der Waals surface area contributed by atoms with Gasteiger partial charge in [-0.1, -0.05) is 0 Å². The van der Waals surface area contributed by atoms with Crippen LogP contribution in [0.15, 0.2) is 36.8 Å². The lowest BCUT2D eigenvalue weighted by molar-refractivity contribution is 0.0791. The van der Waals surface area contributed by atoms with Crippen LogP contribution in [-0.2, 0) is 11.2 Å². The van der Waals surface area contributed by atoms with Crippen LogP contribution in [0.5, 0.6) is 0 Å². The summed E-state index contributed by atoms with van der Waals surface area (Å²) in [5, 5.41) is 3.01. The molecule has 1 N–H and O–H groups in total. The van der Waals surface area contributed by atoms with Crippen molar-refractivity contribution in [3.05, 3.63) is 48.0 Å². The maximum atomic E-state index is 12.4. The first-order valence-corrected chi connectivity index (χ1v) is 7.41. The molecule has 0 saturated carbocycles. The van der Waals surface area contributed by atoms with E-state index in [0.29, 0.717) is 31.3 Å². The van der Waals surface area contributed by atoms with Crippen LogP contribution in [0, 0.1) is 0 Å². The fourth-order valence-corrected chi connectivity index (χ4v) is 1.97. The first-order valence-electron chi connectivity index (χ1n) is 7.41. The molecule has 122 valence electrons. The van der Waals surface area contributed by atoms with Gasteiger partial charge in [-0.3, -0.25) is 9.78 Å². The number of aromatic nitrogens is 3. The number of carbonyl (C=O) groups excluding carboxylic acids is 1. The summed E-state index contributed by atoms with van der Waals surface area (Å²) in [6.45, 7) is 1.75. The number of nitrogens with zero attached hydrogens (tertiary/aromatic N) is 4. The standard InChI is InChI=1S/C16H21N5O2/c1-21(11-6-13-3-7-17-8-4-13)15(22)14-5-9-18-16(20-14)19-10-12-23-2/h3-5,7-9H,6,10-12H2,1-2H3,(H,18,19,20). The highest BCUT2D eigenvalue weighted by molar-refractivity contribution is 5.92. The van der Waals surface area contributed by atoms with Gasteiger partial charge >= 0.3 is 0 Å². The Balaban J connectivity index is 1.92. The first-order chi connectivity index (χ1) is 11.2. The molecule has 2 aromatic rings. The van der Waals surface area contributed by atoms with Gasteiger partial charge in [0.2, 0.25) is 5.95 Å². The molecule has 0 aliphatic rings. The van der Waals surface area contributed by atoms with Crippen LogP contribution < -0.4 is 5.32 Å². The number of ether oxygens (including phenoxy) is 1. The van der Waals surface area contributed by atoms with Crippen LogP contribution in [0.25, 0.3) is 0 Å². The normalized spacial score (nSPS) is 10.3. The third-order valence-electron chi connectivity index (χ3n) is 3.30. The van der Waals surface area contributed by atoms with E-state index in [1.165, 1.54) is 0 Å². The van der Waals surface area contributed by atoms with Crippen molar-refractivity contribution in [1.82, 2.24) is 19.9 Å². The molecule has 0 unspecified atom stereocenters. The third-order valence-corrected chi connectivity index (χ3v) is 3.30. The van der Waals surface area contributed by atoms with Crippen molar-refractivity contribution in [2.24, 2.45) is 0 Å². The van der Waals surface area contributed by atoms with Gasteiger partial charge in [0.1, 0.15) is 5.69 Å². The van der Waals surface area contributed by atoms with Crippen molar-refractivity contribution >= 4 is 11.9 Å². The van der Waals surface area contributed by atoms with Crippen LogP contribution >= 0.6 is 0 Å². The van der Waals surface area contributed by atoms with Gasteiger partial charge < -0.3 is 15.0 Å². The van der Waals surface area contributed by atoms with E-state index in [9.17, 15) is 4.79 Å². The highest BCUT2D eigenvalue weighted by atomic mass is 16.5. The third kappa shape index (κ3) is 5.30. The summed E-state index contributed by atoms with van der Waals surface area (Å²) in [5.74, 6) is 0.298. The van der Waals surface area contributed by atoms with E-state index in [0.717, 1.165) is 12.0 Å². The van der Waals surface area contributed by atoms with E-state index in [-0.39, 0.29) is 5.91 Å². The number of anilines is 1. The minimum atomic E-state index is -0.128. The van der Waals surface area contributed by atoms with Crippen molar-refractivity contribution in [3.63, 3.8) is 0 Å². The number of rotatable bonds is 8. The quantitative estimate of drug-likeness (QED) is 0.738. The molecule has 0 spiro atoms. The zero-order valence-electron chi connectivity index (χ0n) is 13.4. The second-order valence-corrected chi connectivity index (χ2v) is 5.02. The number of hydrogen-bond acceptors (Lipinski definition) is 6. The van der Waals surface area contributed by atoms with Crippen LogP contribution in [0.1, 0.15) is 16.1 Å². The summed E-state index contributed by atoms with van der Waals surface area (Å²) in [7, 11) is 3.39. The van der Waals surface area contributed by atoms with E-state index in [1.807, 2.05) is 12.1 Å². The Labute approximate surface area is 135 Å². The Morgan fingerprint density at radius 3 is 2.78 bits per heavy atom. The van der Waals surface area contributed by atoms with Crippen molar-refractivity contribution in [3.8, 4) is 0 Å². The molecule has 2 aromatic heterocycles. The lowest BCUT2D eigenvalue weighted by atomic mass is 10.2. The average Bonchev–Trinajstić information content (AvgIpc) is 2.60. The first kappa shape index (κ1) is 16.8. The SMILES string of the molecule is COCCNc1nccc(C(=O)N(C)CCc2ccncc2)n1. The smallest absolute Gasteiger partial charge is 0.272 e. The summed E-state index contributed by atoms with van der Waals surface area (Å²) >= 11 is 0. The molecule has 0 fully saturated rings. The predicted octanol–water partition coefficient (Wildman–Crippen LogP) is 1.24. The van der Waals surface area contributed by atoms with Gasteiger partial charge in [-0.2, -0.15) is 0 Å². The van der Waals surface area contributed by atoms with Crippen molar-refractivity contribution in [2.75, 3.05) is 39.2 Å². The van der Waals surface area contributed by atoms with Gasteiger partial charge in [0, 0.05) is 45.8 Å². The second kappa shape index (κ2) is 8.79. The summed E-state index contributed by atoms with van der Waals surface area (Å²) in [6, 6.07) is 5.51. The summed E-state index contributed by atoms with van der Waals surface area (Å²) in [4.78, 5) is 26.4. The molecule has 2 rings (SSSR count). The molecule has 7 nitrogen and oxygen atoms in total. The van der Waals surface area contributed by atoms with E-state index in [2.05, 4.69) is 20.3 Å². The molecule has 23 heavy (non-hydrogen) atoms. The summed E-state index contributed by atoms with van der Waals surface area (Å²) in [5.41, 5.74) is 1.52. The fourth-order valence-electron chi connectivity index (χ4n) is 1.97. The minimum absolute atomic E-state index is 0.128. The molecule has 0 atom stereocenters. The van der Waals surface area contributed by atoms with E-state index in [1.54, 1.807) is 43.7 Å². The summed E-state index contributed by atoms with van der Waals surface area (Å²) in [6.07, 6.45) is 5.85. The second-order valence-electron chi connectivity index (χ2n) is 5.02. The lowest BCUT2D eigenvalue weighted by Crippen LogP contribution is -2.29. The van der Waals surface area contributed by atoms with E-state index >= 15 is 0 Å². The van der Waals surface area contributed by atoms with Gasteiger partial charge in [0.15, 0.2) is 0 Å². The Hall–Kier alpha value is -2.54. The van der Waals surface area contributed by atoms with Crippen molar-refractivity contribution in [1.29, 1.82) is 0 Å². The van der Waals surface area contributed by atoms with Crippen LogP contribution in [-0.4, -0.2) is 59.6 Å². The van der Waals surface area contributed by atoms with Gasteiger partial charge in [0.05, 0.1) is 6.61 Å². The highest BCUT2D eigenvalue weighted by Gasteiger charge is 2.14. The molecule has 0 aliphatic heterocycles. The topological polar surface area (TPSA) is 80.2 Å². The largest absolute Gasteiger partial charge is 0.383 e. The predicted molar refractivity (Wildman–Crippen MR) is 87.3 cm³/mol. The maximum Gasteiger partial charge on any atom is 0.272 e. The molecular formula is C16H21N5O2. The number of pyridine rings is 1. The van der Waals surface area contributed by atoms with Crippen LogP contribution in [0.3, 0.4) is 0 Å². The maximum absolute atomic E-state index is 12.4. The number of likely N-dealkylation sites (N-methyl/N-ethyl adjacent to an activating group) is 1. The monoisotopic (exact) mass is 315 g/mol.